The molecule has 0 aliphatic heterocycles. The van der Waals surface area contributed by atoms with E-state index in [1.165, 1.54) is 5.56 Å². The summed E-state index contributed by atoms with van der Waals surface area (Å²) in [6.45, 7) is 2.10. The van der Waals surface area contributed by atoms with Crippen LogP contribution in [0.2, 0.25) is 0 Å². The van der Waals surface area contributed by atoms with Crippen LogP contribution in [0.1, 0.15) is 39.6 Å². The number of rotatable bonds is 5. The van der Waals surface area contributed by atoms with E-state index in [1.54, 1.807) is 11.3 Å². The minimum atomic E-state index is -0.505. The Kier molecular flexibility index (Phi) is 4.38. The number of H-pyrrole nitrogens is 2. The van der Waals surface area contributed by atoms with Crippen LogP contribution in [0.25, 0.3) is 0 Å². The normalized spacial score (nSPS) is 12.0. The van der Waals surface area contributed by atoms with Crippen molar-refractivity contribution in [1.82, 2.24) is 20.5 Å². The molecule has 118 valence electrons. The summed E-state index contributed by atoms with van der Waals surface area (Å²) in [4.78, 5) is 26.8. The Morgan fingerprint density at radius 1 is 1.30 bits per heavy atom. The molecule has 1 amide bonds. The lowest BCUT2D eigenvalue weighted by molar-refractivity contribution is 0.0933. The minimum absolute atomic E-state index is 0.0262. The first-order valence-electron chi connectivity index (χ1n) is 7.25. The monoisotopic (exact) mass is 328 g/mol. The zero-order valence-corrected chi connectivity index (χ0v) is 13.3. The molecule has 0 saturated heterocycles. The van der Waals surface area contributed by atoms with Crippen molar-refractivity contribution < 1.29 is 4.79 Å². The van der Waals surface area contributed by atoms with Crippen LogP contribution in [-0.2, 0) is 6.42 Å². The number of nitrogens with one attached hydrogen (secondary N) is 3. The number of aromatic amines is 2. The average Bonchev–Trinajstić information content (AvgIpc) is 3.24. The van der Waals surface area contributed by atoms with Crippen LogP contribution >= 0.6 is 11.3 Å². The van der Waals surface area contributed by atoms with Gasteiger partial charge >= 0.3 is 5.69 Å². The molecule has 1 aromatic carbocycles. The second-order valence-corrected chi connectivity index (χ2v) is 6.02. The number of carbonyl (C=O) groups is 1. The Labute approximate surface area is 136 Å². The van der Waals surface area contributed by atoms with Crippen molar-refractivity contribution in [2.24, 2.45) is 0 Å². The third-order valence-corrected chi connectivity index (χ3v) is 4.48. The first kappa shape index (κ1) is 15.2. The summed E-state index contributed by atoms with van der Waals surface area (Å²) in [5.74, 6) is -0.456. The van der Waals surface area contributed by atoms with Crippen molar-refractivity contribution in [2.45, 2.75) is 19.4 Å². The van der Waals surface area contributed by atoms with Gasteiger partial charge in [-0.05, 0) is 29.0 Å². The highest BCUT2D eigenvalue weighted by Crippen LogP contribution is 2.26. The predicted octanol–water partition coefficient (Wildman–Crippen LogP) is 2.24. The van der Waals surface area contributed by atoms with Gasteiger partial charge in [0.05, 0.1) is 6.04 Å². The summed E-state index contributed by atoms with van der Waals surface area (Å²) in [5.41, 5.74) is 1.72. The topological polar surface area (TPSA) is 90.6 Å². The molecule has 3 N–H and O–H groups in total. The molecule has 0 saturated carbocycles. The molecule has 7 heteroatoms. The lowest BCUT2D eigenvalue weighted by Gasteiger charge is -2.17. The Bertz CT molecular complexity index is 834. The van der Waals surface area contributed by atoms with Crippen LogP contribution in [0, 0.1) is 0 Å². The van der Waals surface area contributed by atoms with Gasteiger partial charge in [-0.1, -0.05) is 37.3 Å². The summed E-state index contributed by atoms with van der Waals surface area (Å²) in [7, 11) is 0. The molecule has 1 unspecified atom stereocenters. The second kappa shape index (κ2) is 6.62. The molecule has 0 spiro atoms. The molecule has 2 aromatic heterocycles. The van der Waals surface area contributed by atoms with E-state index in [9.17, 15) is 9.59 Å². The largest absolute Gasteiger partial charge is 0.341 e. The predicted molar refractivity (Wildman–Crippen MR) is 88.7 cm³/mol. The van der Waals surface area contributed by atoms with E-state index >= 15 is 0 Å². The Hall–Kier alpha value is -2.67. The minimum Gasteiger partial charge on any atom is -0.338 e. The summed E-state index contributed by atoms with van der Waals surface area (Å²) in [6.07, 6.45) is 0.963. The van der Waals surface area contributed by atoms with Crippen molar-refractivity contribution in [3.63, 3.8) is 0 Å². The van der Waals surface area contributed by atoms with E-state index in [2.05, 4.69) is 39.6 Å². The maximum atomic E-state index is 12.3. The van der Waals surface area contributed by atoms with Crippen LogP contribution in [0.15, 0.2) is 46.6 Å². The number of hydrogen-bond acceptors (Lipinski definition) is 4. The van der Waals surface area contributed by atoms with Crippen molar-refractivity contribution in [3.05, 3.63) is 74.1 Å². The summed E-state index contributed by atoms with van der Waals surface area (Å²) in [5, 5.41) is 10.7. The summed E-state index contributed by atoms with van der Waals surface area (Å²) < 4.78 is 0. The lowest BCUT2D eigenvalue weighted by Crippen LogP contribution is -2.30. The fourth-order valence-corrected chi connectivity index (χ4v) is 3.10. The van der Waals surface area contributed by atoms with Gasteiger partial charge in [-0.2, -0.15) is 0 Å². The number of aromatic nitrogens is 3. The number of carbonyl (C=O) groups excluding carboxylic acids is 1. The van der Waals surface area contributed by atoms with Crippen LogP contribution in [-0.4, -0.2) is 21.1 Å². The number of nitrogens with zero attached hydrogens (tertiary/aromatic N) is 1. The van der Waals surface area contributed by atoms with Gasteiger partial charge in [0.1, 0.15) is 0 Å². The molecule has 2 heterocycles. The standard InChI is InChI=1S/C16H16N4O2S/c1-2-10-5-7-11(8-6-10)13(12-4-3-9-23-12)17-15(21)14-18-16(22)20-19-14/h3-9,13H,2H2,1H3,(H,17,21)(H2,18,19,20,22). The molecular formula is C16H16N4O2S. The van der Waals surface area contributed by atoms with E-state index in [0.717, 1.165) is 16.9 Å². The number of hydrogen-bond donors (Lipinski definition) is 3. The number of aryl methyl sites for hydroxylation is 1. The van der Waals surface area contributed by atoms with Gasteiger partial charge in [0.2, 0.25) is 5.82 Å². The molecule has 0 fully saturated rings. The Morgan fingerprint density at radius 2 is 2.09 bits per heavy atom. The fraction of sp³-hybridized carbons (Fsp3) is 0.188. The number of thiophene rings is 1. The zero-order chi connectivity index (χ0) is 16.2. The number of benzene rings is 1. The average molecular weight is 328 g/mol. The van der Waals surface area contributed by atoms with Gasteiger partial charge < -0.3 is 5.32 Å². The molecule has 3 aromatic rings. The third-order valence-electron chi connectivity index (χ3n) is 3.54. The molecular weight excluding hydrogens is 312 g/mol. The molecule has 3 rings (SSSR count). The third kappa shape index (κ3) is 3.40. The first-order valence-corrected chi connectivity index (χ1v) is 8.13. The van der Waals surface area contributed by atoms with Gasteiger partial charge in [0, 0.05) is 4.88 Å². The van der Waals surface area contributed by atoms with Crippen molar-refractivity contribution in [1.29, 1.82) is 0 Å². The smallest absolute Gasteiger partial charge is 0.338 e. The first-order chi connectivity index (χ1) is 11.2. The van der Waals surface area contributed by atoms with E-state index in [-0.39, 0.29) is 11.9 Å². The SMILES string of the molecule is CCc1ccc(C(NC(=O)c2n[nH]c(=O)[nH]2)c2cccs2)cc1. The molecule has 6 nitrogen and oxygen atoms in total. The molecule has 0 aliphatic carbocycles. The second-order valence-electron chi connectivity index (χ2n) is 5.04. The highest BCUT2D eigenvalue weighted by molar-refractivity contribution is 7.10. The summed E-state index contributed by atoms with van der Waals surface area (Å²) in [6, 6.07) is 11.8. The molecule has 23 heavy (non-hydrogen) atoms. The van der Waals surface area contributed by atoms with Gasteiger partial charge in [-0.3, -0.25) is 9.78 Å². The molecule has 0 aliphatic rings. The van der Waals surface area contributed by atoms with Crippen molar-refractivity contribution in [3.8, 4) is 0 Å². The fourth-order valence-electron chi connectivity index (χ4n) is 2.30. The van der Waals surface area contributed by atoms with Crippen molar-refractivity contribution >= 4 is 17.2 Å². The van der Waals surface area contributed by atoms with E-state index in [4.69, 9.17) is 0 Å². The highest BCUT2D eigenvalue weighted by Gasteiger charge is 2.20. The van der Waals surface area contributed by atoms with Gasteiger partial charge in [-0.15, -0.1) is 16.4 Å². The Morgan fingerprint density at radius 3 is 2.65 bits per heavy atom. The molecule has 1 atom stereocenters. The van der Waals surface area contributed by atoms with Crippen LogP contribution < -0.4 is 11.0 Å². The van der Waals surface area contributed by atoms with Crippen LogP contribution in [0.3, 0.4) is 0 Å². The van der Waals surface area contributed by atoms with E-state index in [0.29, 0.717) is 0 Å². The molecule has 0 radical (unpaired) electrons. The number of amides is 1. The molecule has 0 bridgehead atoms. The van der Waals surface area contributed by atoms with Crippen molar-refractivity contribution in [2.75, 3.05) is 0 Å². The zero-order valence-electron chi connectivity index (χ0n) is 12.5. The van der Waals surface area contributed by atoms with E-state index < -0.39 is 11.6 Å². The van der Waals surface area contributed by atoms with Gasteiger partial charge in [0.15, 0.2) is 0 Å². The lowest BCUT2D eigenvalue weighted by atomic mass is 10.0. The maximum Gasteiger partial charge on any atom is 0.341 e. The summed E-state index contributed by atoms with van der Waals surface area (Å²) >= 11 is 1.56. The Balaban J connectivity index is 1.89. The van der Waals surface area contributed by atoms with Crippen LogP contribution in [0.5, 0.6) is 0 Å². The van der Waals surface area contributed by atoms with E-state index in [1.807, 2.05) is 29.6 Å². The van der Waals surface area contributed by atoms with Gasteiger partial charge in [0.25, 0.3) is 5.91 Å². The maximum absolute atomic E-state index is 12.3. The van der Waals surface area contributed by atoms with Crippen LogP contribution in [0.4, 0.5) is 0 Å². The highest BCUT2D eigenvalue weighted by atomic mass is 32.1. The quantitative estimate of drug-likeness (QED) is 0.671. The van der Waals surface area contributed by atoms with Gasteiger partial charge in [-0.25, -0.2) is 9.89 Å².